The van der Waals surface area contributed by atoms with Gasteiger partial charge >= 0.3 is 0 Å². The summed E-state index contributed by atoms with van der Waals surface area (Å²) in [5.74, 6) is 0. The van der Waals surface area contributed by atoms with Gasteiger partial charge in [0.25, 0.3) is 0 Å². The van der Waals surface area contributed by atoms with Crippen LogP contribution in [0.5, 0.6) is 0 Å². The largest absolute Gasteiger partial charge is 0.313 e. The van der Waals surface area contributed by atoms with Crippen molar-refractivity contribution in [2.24, 2.45) is 0 Å². The van der Waals surface area contributed by atoms with Crippen LogP contribution in [-0.2, 0) is 19.4 Å². The zero-order valence-corrected chi connectivity index (χ0v) is 13.2. The molecule has 0 aliphatic rings. The third-order valence-electron chi connectivity index (χ3n) is 3.43. The normalized spacial score (nSPS) is 11.0. The summed E-state index contributed by atoms with van der Waals surface area (Å²) in [5.41, 5.74) is 4.53. The first-order valence-electron chi connectivity index (χ1n) is 7.27. The quantitative estimate of drug-likeness (QED) is 0.878. The van der Waals surface area contributed by atoms with Crippen molar-refractivity contribution in [1.29, 1.82) is 0 Å². The van der Waals surface area contributed by atoms with Crippen LogP contribution >= 0.6 is 11.6 Å². The number of nitrogens with zero attached hydrogens (tertiary/aromatic N) is 2. The van der Waals surface area contributed by atoms with E-state index in [1.54, 1.807) is 0 Å². The molecular formula is C16H22ClN3. The molecule has 20 heavy (non-hydrogen) atoms. The van der Waals surface area contributed by atoms with Crippen LogP contribution in [0, 0.1) is 0 Å². The Kier molecular flexibility index (Phi) is 5.21. The zero-order chi connectivity index (χ0) is 14.5. The van der Waals surface area contributed by atoms with Gasteiger partial charge in [0, 0.05) is 22.8 Å². The van der Waals surface area contributed by atoms with Gasteiger partial charge in [0.2, 0.25) is 0 Å². The van der Waals surface area contributed by atoms with Crippen molar-refractivity contribution >= 4 is 11.6 Å². The molecule has 1 heterocycles. The second kappa shape index (κ2) is 6.91. The van der Waals surface area contributed by atoms with Crippen molar-refractivity contribution in [2.75, 3.05) is 6.54 Å². The Hall–Kier alpha value is -1.32. The van der Waals surface area contributed by atoms with E-state index in [2.05, 4.69) is 38.2 Å². The minimum absolute atomic E-state index is 0.760. The van der Waals surface area contributed by atoms with Gasteiger partial charge in [-0.1, -0.05) is 38.4 Å². The number of hydrogen-bond acceptors (Lipinski definition) is 2. The third kappa shape index (κ3) is 3.05. The number of nitrogens with one attached hydrogen (secondary N) is 1. The van der Waals surface area contributed by atoms with Crippen LogP contribution in [0.1, 0.15) is 37.7 Å². The van der Waals surface area contributed by atoms with E-state index >= 15 is 0 Å². The van der Waals surface area contributed by atoms with E-state index in [0.717, 1.165) is 47.9 Å². The number of hydrogen-bond donors (Lipinski definition) is 1. The van der Waals surface area contributed by atoms with Crippen molar-refractivity contribution in [3.63, 3.8) is 0 Å². The van der Waals surface area contributed by atoms with Gasteiger partial charge in [0.1, 0.15) is 0 Å². The molecule has 0 amide bonds. The molecule has 0 aliphatic carbocycles. The number of aromatic nitrogens is 2. The molecule has 2 aromatic rings. The average Bonchev–Trinajstić information content (AvgIpc) is 2.89. The number of aryl methyl sites for hydroxylation is 2. The van der Waals surface area contributed by atoms with E-state index in [0.29, 0.717) is 0 Å². The topological polar surface area (TPSA) is 29.9 Å². The lowest BCUT2D eigenvalue weighted by molar-refractivity contribution is 0.710. The van der Waals surface area contributed by atoms with Crippen molar-refractivity contribution in [1.82, 2.24) is 15.1 Å². The molecule has 0 radical (unpaired) electrons. The molecule has 0 saturated heterocycles. The van der Waals surface area contributed by atoms with Gasteiger partial charge in [-0.05, 0) is 37.6 Å². The Bertz CT molecular complexity index is 575. The molecule has 0 atom stereocenters. The van der Waals surface area contributed by atoms with E-state index in [4.69, 9.17) is 16.7 Å². The molecule has 0 aliphatic heterocycles. The summed E-state index contributed by atoms with van der Waals surface area (Å²) in [7, 11) is 0. The Morgan fingerprint density at radius 3 is 2.65 bits per heavy atom. The predicted molar refractivity (Wildman–Crippen MR) is 84.7 cm³/mol. The highest BCUT2D eigenvalue weighted by atomic mass is 35.5. The molecule has 1 N–H and O–H groups in total. The van der Waals surface area contributed by atoms with Crippen LogP contribution in [-0.4, -0.2) is 16.3 Å². The summed E-state index contributed by atoms with van der Waals surface area (Å²) >= 11 is 6.37. The van der Waals surface area contributed by atoms with Crippen LogP contribution in [0.4, 0.5) is 0 Å². The Morgan fingerprint density at radius 2 is 2.00 bits per heavy atom. The molecule has 3 nitrogen and oxygen atoms in total. The Morgan fingerprint density at radius 1 is 1.20 bits per heavy atom. The minimum atomic E-state index is 0.760. The fourth-order valence-electron chi connectivity index (χ4n) is 2.28. The van der Waals surface area contributed by atoms with Gasteiger partial charge in [-0.3, -0.25) is 0 Å². The van der Waals surface area contributed by atoms with Gasteiger partial charge in [-0.25, -0.2) is 4.68 Å². The molecule has 108 valence electrons. The van der Waals surface area contributed by atoms with Crippen molar-refractivity contribution in [3.05, 3.63) is 46.2 Å². The standard InChI is InChI=1S/C16H22ClN3/c1-4-12-10-13(5-2)20(19-12)16-9-7-8-15(17)14(16)11-18-6-3/h7-10,18H,4-6,11H2,1-3H3. The lowest BCUT2D eigenvalue weighted by Crippen LogP contribution is -2.15. The van der Waals surface area contributed by atoms with Crippen molar-refractivity contribution in [2.45, 2.75) is 40.2 Å². The summed E-state index contributed by atoms with van der Waals surface area (Å²) in [5, 5.41) is 8.85. The molecule has 0 unspecified atom stereocenters. The van der Waals surface area contributed by atoms with Crippen molar-refractivity contribution < 1.29 is 0 Å². The van der Waals surface area contributed by atoms with Gasteiger partial charge in [-0.15, -0.1) is 0 Å². The smallest absolute Gasteiger partial charge is 0.0708 e. The maximum Gasteiger partial charge on any atom is 0.0708 e. The number of benzene rings is 1. The average molecular weight is 292 g/mol. The van der Waals surface area contributed by atoms with E-state index in [1.165, 1.54) is 5.69 Å². The fraction of sp³-hybridized carbons (Fsp3) is 0.438. The van der Waals surface area contributed by atoms with Crippen LogP contribution in [0.2, 0.25) is 5.02 Å². The highest BCUT2D eigenvalue weighted by Gasteiger charge is 2.13. The second-order valence-corrected chi connectivity index (χ2v) is 5.17. The van der Waals surface area contributed by atoms with Crippen LogP contribution < -0.4 is 5.32 Å². The van der Waals surface area contributed by atoms with E-state index < -0.39 is 0 Å². The van der Waals surface area contributed by atoms with Crippen LogP contribution in [0.25, 0.3) is 5.69 Å². The van der Waals surface area contributed by atoms with Gasteiger partial charge < -0.3 is 5.32 Å². The maximum atomic E-state index is 6.37. The second-order valence-electron chi connectivity index (χ2n) is 4.76. The lowest BCUT2D eigenvalue weighted by atomic mass is 10.1. The van der Waals surface area contributed by atoms with Gasteiger partial charge in [-0.2, -0.15) is 5.10 Å². The molecule has 2 rings (SSSR count). The number of rotatable bonds is 6. The van der Waals surface area contributed by atoms with Gasteiger partial charge in [0.05, 0.1) is 11.4 Å². The molecule has 4 heteroatoms. The summed E-state index contributed by atoms with van der Waals surface area (Å²) in [4.78, 5) is 0. The highest BCUT2D eigenvalue weighted by molar-refractivity contribution is 6.31. The van der Waals surface area contributed by atoms with E-state index in [-0.39, 0.29) is 0 Å². The highest BCUT2D eigenvalue weighted by Crippen LogP contribution is 2.25. The maximum absolute atomic E-state index is 6.37. The molecule has 1 aromatic heterocycles. The fourth-order valence-corrected chi connectivity index (χ4v) is 2.52. The first-order chi connectivity index (χ1) is 9.71. The van der Waals surface area contributed by atoms with E-state index in [1.807, 2.05) is 16.8 Å². The lowest BCUT2D eigenvalue weighted by Gasteiger charge is -2.14. The molecular weight excluding hydrogens is 270 g/mol. The molecule has 0 bridgehead atoms. The first kappa shape index (κ1) is 15.1. The summed E-state index contributed by atoms with van der Waals surface area (Å²) < 4.78 is 2.04. The predicted octanol–water partition coefficient (Wildman–Crippen LogP) is 3.76. The SMILES string of the molecule is CCNCc1c(Cl)cccc1-n1nc(CC)cc1CC. The zero-order valence-electron chi connectivity index (χ0n) is 12.4. The van der Waals surface area contributed by atoms with Gasteiger partial charge in [0.15, 0.2) is 0 Å². The van der Waals surface area contributed by atoms with Crippen LogP contribution in [0.15, 0.2) is 24.3 Å². The number of halogens is 1. The summed E-state index contributed by atoms with van der Waals surface area (Å²) in [6, 6.07) is 8.19. The van der Waals surface area contributed by atoms with E-state index in [9.17, 15) is 0 Å². The summed E-state index contributed by atoms with van der Waals surface area (Å²) in [6.45, 7) is 8.06. The third-order valence-corrected chi connectivity index (χ3v) is 3.79. The minimum Gasteiger partial charge on any atom is -0.313 e. The summed E-state index contributed by atoms with van der Waals surface area (Å²) in [6.07, 6.45) is 1.91. The monoisotopic (exact) mass is 291 g/mol. The molecule has 0 fully saturated rings. The Balaban J connectivity index is 2.51. The Labute approximate surface area is 126 Å². The van der Waals surface area contributed by atoms with Crippen LogP contribution in [0.3, 0.4) is 0 Å². The molecule has 1 aromatic carbocycles. The van der Waals surface area contributed by atoms with Crippen molar-refractivity contribution in [3.8, 4) is 5.69 Å². The molecule has 0 saturated carbocycles. The molecule has 0 spiro atoms. The first-order valence-corrected chi connectivity index (χ1v) is 7.65.